The zero-order chi connectivity index (χ0) is 12.0. The van der Waals surface area contributed by atoms with Crippen LogP contribution >= 0.6 is 22.6 Å². The highest BCUT2D eigenvalue weighted by Crippen LogP contribution is 2.14. The summed E-state index contributed by atoms with van der Waals surface area (Å²) in [7, 11) is 0. The Morgan fingerprint density at radius 3 is 2.81 bits per heavy atom. The van der Waals surface area contributed by atoms with E-state index in [1.54, 1.807) is 19.1 Å². The fraction of sp³-hybridized carbons (Fsp3) is 0.333. The second kappa shape index (κ2) is 6.62. The molecule has 1 aromatic carbocycles. The molecule has 1 rings (SSSR count). The van der Waals surface area contributed by atoms with Gasteiger partial charge in [0.25, 0.3) is 0 Å². The first-order valence-electron chi connectivity index (χ1n) is 5.07. The summed E-state index contributed by atoms with van der Waals surface area (Å²) in [4.78, 5) is 21.8. The van der Waals surface area contributed by atoms with Crippen LogP contribution in [0.5, 0.6) is 0 Å². The highest BCUT2D eigenvalue weighted by molar-refractivity contribution is 14.1. The fourth-order valence-corrected chi connectivity index (χ4v) is 2.09. The van der Waals surface area contributed by atoms with Crippen molar-refractivity contribution >= 4 is 34.8 Å². The zero-order valence-electron chi connectivity index (χ0n) is 9.03. The lowest BCUT2D eigenvalue weighted by Gasteiger charge is -2.05. The van der Waals surface area contributed by atoms with Crippen LogP contribution in [0.15, 0.2) is 18.2 Å². The summed E-state index contributed by atoms with van der Waals surface area (Å²) in [5.41, 5.74) is 1.54. The monoisotopic (exact) mass is 332 g/mol. The number of rotatable bonds is 5. The van der Waals surface area contributed by atoms with Crippen molar-refractivity contribution in [3.8, 4) is 0 Å². The van der Waals surface area contributed by atoms with Crippen molar-refractivity contribution in [2.75, 3.05) is 6.61 Å². The van der Waals surface area contributed by atoms with E-state index in [0.717, 1.165) is 15.4 Å². The van der Waals surface area contributed by atoms with E-state index in [1.165, 1.54) is 0 Å². The standard InChI is InChI=1S/C12H13IO3/c1-2-16-12(15)10-6-9(4-3-5-14)7-11(13)8-10/h5-8H,2-4H2,1H3. The molecule has 86 valence electrons. The van der Waals surface area contributed by atoms with Crippen molar-refractivity contribution < 1.29 is 14.3 Å². The Bertz CT molecular complexity index is 388. The predicted octanol–water partition coefficient (Wildman–Crippen LogP) is 2.60. The van der Waals surface area contributed by atoms with Crippen LogP contribution in [0.2, 0.25) is 0 Å². The van der Waals surface area contributed by atoms with Gasteiger partial charge in [0.2, 0.25) is 0 Å². The molecule has 0 fully saturated rings. The van der Waals surface area contributed by atoms with Crippen molar-refractivity contribution in [1.82, 2.24) is 0 Å². The molecule has 0 amide bonds. The third kappa shape index (κ3) is 3.92. The maximum atomic E-state index is 11.5. The molecule has 16 heavy (non-hydrogen) atoms. The van der Waals surface area contributed by atoms with Gasteiger partial charge in [0, 0.05) is 9.99 Å². The number of aldehydes is 1. The van der Waals surface area contributed by atoms with Crippen LogP contribution in [-0.4, -0.2) is 18.9 Å². The Labute approximate surface area is 108 Å². The third-order valence-electron chi connectivity index (χ3n) is 2.02. The molecule has 0 aromatic heterocycles. The van der Waals surface area contributed by atoms with Crippen LogP contribution in [0.3, 0.4) is 0 Å². The summed E-state index contributed by atoms with van der Waals surface area (Å²) in [6.45, 7) is 2.15. The number of aryl methyl sites for hydroxylation is 1. The largest absolute Gasteiger partial charge is 0.462 e. The highest BCUT2D eigenvalue weighted by Gasteiger charge is 2.08. The number of carbonyl (C=O) groups is 2. The molecule has 4 heteroatoms. The average molecular weight is 332 g/mol. The number of hydrogen-bond acceptors (Lipinski definition) is 3. The van der Waals surface area contributed by atoms with Crippen molar-refractivity contribution in [1.29, 1.82) is 0 Å². The predicted molar refractivity (Wildman–Crippen MR) is 69.5 cm³/mol. The van der Waals surface area contributed by atoms with Crippen molar-refractivity contribution in [2.24, 2.45) is 0 Å². The summed E-state index contributed by atoms with van der Waals surface area (Å²) in [5, 5.41) is 0. The molecule has 0 aliphatic rings. The third-order valence-corrected chi connectivity index (χ3v) is 2.64. The van der Waals surface area contributed by atoms with Crippen LogP contribution in [0.4, 0.5) is 0 Å². The molecular formula is C12H13IO3. The van der Waals surface area contributed by atoms with Gasteiger partial charge < -0.3 is 9.53 Å². The Morgan fingerprint density at radius 1 is 1.44 bits per heavy atom. The van der Waals surface area contributed by atoms with Crippen LogP contribution in [-0.2, 0) is 16.0 Å². The summed E-state index contributed by atoms with van der Waals surface area (Å²) < 4.78 is 5.91. The Hall–Kier alpha value is -0.910. The second-order valence-electron chi connectivity index (χ2n) is 3.27. The van der Waals surface area contributed by atoms with Gasteiger partial charge in [-0.2, -0.15) is 0 Å². The molecule has 0 saturated heterocycles. The van der Waals surface area contributed by atoms with Crippen LogP contribution in [0.25, 0.3) is 0 Å². The Balaban J connectivity index is 2.88. The van der Waals surface area contributed by atoms with Gasteiger partial charge >= 0.3 is 5.97 Å². The summed E-state index contributed by atoms with van der Waals surface area (Å²) in [6, 6.07) is 5.53. The van der Waals surface area contributed by atoms with E-state index < -0.39 is 0 Å². The van der Waals surface area contributed by atoms with E-state index in [0.29, 0.717) is 25.0 Å². The van der Waals surface area contributed by atoms with E-state index in [9.17, 15) is 9.59 Å². The molecule has 0 bridgehead atoms. The smallest absolute Gasteiger partial charge is 0.338 e. The molecule has 1 aromatic rings. The SMILES string of the molecule is CCOC(=O)c1cc(I)cc(CCC=O)c1. The minimum absolute atomic E-state index is 0.312. The van der Waals surface area contributed by atoms with Gasteiger partial charge in [0.1, 0.15) is 6.29 Å². The lowest BCUT2D eigenvalue weighted by molar-refractivity contribution is -0.107. The molecule has 0 aliphatic carbocycles. The number of ether oxygens (including phenoxy) is 1. The summed E-state index contributed by atoms with van der Waals surface area (Å²) in [5.74, 6) is -0.312. The van der Waals surface area contributed by atoms with Crippen molar-refractivity contribution in [3.63, 3.8) is 0 Å². The summed E-state index contributed by atoms with van der Waals surface area (Å²) in [6.07, 6.45) is 2.01. The quantitative estimate of drug-likeness (QED) is 0.473. The van der Waals surface area contributed by atoms with Gasteiger partial charge in [-0.1, -0.05) is 0 Å². The molecule has 0 saturated carbocycles. The van der Waals surface area contributed by atoms with Gasteiger partial charge in [-0.3, -0.25) is 0 Å². The number of benzene rings is 1. The minimum atomic E-state index is -0.312. The molecule has 0 aliphatic heterocycles. The van der Waals surface area contributed by atoms with Gasteiger partial charge in [-0.05, 0) is 59.7 Å². The maximum absolute atomic E-state index is 11.5. The second-order valence-corrected chi connectivity index (χ2v) is 4.52. The topological polar surface area (TPSA) is 43.4 Å². The average Bonchev–Trinajstić information content (AvgIpc) is 2.26. The zero-order valence-corrected chi connectivity index (χ0v) is 11.2. The molecule has 0 heterocycles. The van der Waals surface area contributed by atoms with Crippen LogP contribution in [0.1, 0.15) is 29.3 Å². The molecule has 0 unspecified atom stereocenters. The number of esters is 1. The Kier molecular flexibility index (Phi) is 5.45. The lowest BCUT2D eigenvalue weighted by atomic mass is 10.1. The summed E-state index contributed by atoms with van der Waals surface area (Å²) >= 11 is 2.15. The van der Waals surface area contributed by atoms with Gasteiger partial charge in [0.15, 0.2) is 0 Å². The van der Waals surface area contributed by atoms with Gasteiger partial charge in [0.05, 0.1) is 12.2 Å². The maximum Gasteiger partial charge on any atom is 0.338 e. The van der Waals surface area contributed by atoms with E-state index in [2.05, 4.69) is 22.6 Å². The molecule has 0 N–H and O–H groups in total. The molecule has 0 atom stereocenters. The molecule has 0 spiro atoms. The first-order valence-corrected chi connectivity index (χ1v) is 6.15. The van der Waals surface area contributed by atoms with Crippen LogP contribution in [0, 0.1) is 3.57 Å². The minimum Gasteiger partial charge on any atom is -0.462 e. The van der Waals surface area contributed by atoms with Gasteiger partial charge in [-0.25, -0.2) is 4.79 Å². The first-order chi connectivity index (χ1) is 7.67. The van der Waals surface area contributed by atoms with Gasteiger partial charge in [-0.15, -0.1) is 0 Å². The van der Waals surface area contributed by atoms with Crippen molar-refractivity contribution in [3.05, 3.63) is 32.9 Å². The highest BCUT2D eigenvalue weighted by atomic mass is 127. The fourth-order valence-electron chi connectivity index (χ4n) is 1.35. The molecular weight excluding hydrogens is 319 g/mol. The Morgan fingerprint density at radius 2 is 2.19 bits per heavy atom. The normalized spacial score (nSPS) is 9.88. The molecule has 0 radical (unpaired) electrons. The van der Waals surface area contributed by atoms with E-state index >= 15 is 0 Å². The van der Waals surface area contributed by atoms with E-state index in [1.807, 2.05) is 6.07 Å². The first kappa shape index (κ1) is 13.2. The van der Waals surface area contributed by atoms with Crippen LogP contribution < -0.4 is 0 Å². The lowest BCUT2D eigenvalue weighted by Crippen LogP contribution is -2.05. The van der Waals surface area contributed by atoms with E-state index in [4.69, 9.17) is 4.74 Å². The number of hydrogen-bond donors (Lipinski definition) is 0. The van der Waals surface area contributed by atoms with E-state index in [-0.39, 0.29) is 5.97 Å². The molecule has 3 nitrogen and oxygen atoms in total. The van der Waals surface area contributed by atoms with Crippen molar-refractivity contribution in [2.45, 2.75) is 19.8 Å². The number of carbonyl (C=O) groups excluding carboxylic acids is 2. The number of halogens is 1.